The molecule has 1 aromatic carbocycles. The zero-order chi connectivity index (χ0) is 14.8. The van der Waals surface area contributed by atoms with E-state index < -0.39 is 21.6 Å². The van der Waals surface area contributed by atoms with Crippen molar-refractivity contribution < 1.29 is 21.6 Å². The van der Waals surface area contributed by atoms with Crippen LogP contribution in [0.1, 0.15) is 5.56 Å². The Balaban J connectivity index is 3.09. The maximum Gasteiger partial charge on any atom is 0.416 e. The Morgan fingerprint density at radius 2 is 1.84 bits per heavy atom. The van der Waals surface area contributed by atoms with Crippen LogP contribution in [0.25, 0.3) is 0 Å². The molecule has 0 spiro atoms. The molecule has 1 aromatic rings. The molecule has 8 heteroatoms. The van der Waals surface area contributed by atoms with Gasteiger partial charge < -0.3 is 10.6 Å². The summed E-state index contributed by atoms with van der Waals surface area (Å²) in [6.45, 7) is 0.267. The highest BCUT2D eigenvalue weighted by molar-refractivity contribution is 7.91. The second-order valence-electron chi connectivity index (χ2n) is 4.37. The molecule has 0 amide bonds. The van der Waals surface area contributed by atoms with Crippen LogP contribution in [-0.4, -0.2) is 39.7 Å². The Morgan fingerprint density at radius 3 is 2.26 bits per heavy atom. The number of nitrogens with zero attached hydrogens (tertiary/aromatic N) is 1. The van der Waals surface area contributed by atoms with Gasteiger partial charge in [0.1, 0.15) is 0 Å². The summed E-state index contributed by atoms with van der Waals surface area (Å²) in [6.07, 6.45) is -4.54. The van der Waals surface area contributed by atoms with Gasteiger partial charge in [-0.2, -0.15) is 13.2 Å². The molecule has 0 aromatic heterocycles. The maximum absolute atomic E-state index is 12.4. The van der Waals surface area contributed by atoms with Gasteiger partial charge in [0.15, 0.2) is 9.84 Å². The number of sulfone groups is 1. The number of rotatable bonds is 4. The van der Waals surface area contributed by atoms with Crippen molar-refractivity contribution in [2.24, 2.45) is 0 Å². The molecule has 0 atom stereocenters. The second kappa shape index (κ2) is 5.38. The van der Waals surface area contributed by atoms with Gasteiger partial charge in [-0.15, -0.1) is 0 Å². The molecular weight excluding hydrogens is 281 g/mol. The van der Waals surface area contributed by atoms with E-state index in [4.69, 9.17) is 5.73 Å². The lowest BCUT2D eigenvalue weighted by Crippen LogP contribution is -2.22. The summed E-state index contributed by atoms with van der Waals surface area (Å²) in [6, 6.07) is 2.27. The average Bonchev–Trinajstić information content (AvgIpc) is 2.25. The van der Waals surface area contributed by atoms with Gasteiger partial charge in [-0.05, 0) is 32.3 Å². The van der Waals surface area contributed by atoms with Crippen LogP contribution < -0.4 is 5.73 Å². The van der Waals surface area contributed by atoms with E-state index in [-0.39, 0.29) is 22.9 Å². The first-order valence-electron chi connectivity index (χ1n) is 5.38. The Hall–Kier alpha value is -1.28. The number of nitrogens with two attached hydrogens (primary N) is 1. The molecule has 1 rings (SSSR count). The molecule has 0 saturated carbocycles. The van der Waals surface area contributed by atoms with Gasteiger partial charge in [0, 0.05) is 6.54 Å². The number of benzene rings is 1. The van der Waals surface area contributed by atoms with E-state index in [1.54, 1.807) is 19.0 Å². The summed E-state index contributed by atoms with van der Waals surface area (Å²) in [4.78, 5) is 1.40. The third-order valence-electron chi connectivity index (χ3n) is 2.48. The van der Waals surface area contributed by atoms with Crippen molar-refractivity contribution in [2.75, 3.05) is 32.1 Å². The van der Waals surface area contributed by atoms with E-state index in [9.17, 15) is 21.6 Å². The molecule has 108 valence electrons. The highest BCUT2D eigenvalue weighted by Gasteiger charge is 2.31. The Bertz CT molecular complexity index is 554. The van der Waals surface area contributed by atoms with Gasteiger partial charge in [-0.25, -0.2) is 8.42 Å². The molecule has 0 radical (unpaired) electrons. The van der Waals surface area contributed by atoms with Gasteiger partial charge >= 0.3 is 6.18 Å². The quantitative estimate of drug-likeness (QED) is 0.858. The predicted octanol–water partition coefficient (Wildman–Crippen LogP) is 1.62. The first-order valence-corrected chi connectivity index (χ1v) is 7.03. The first kappa shape index (κ1) is 15.8. The Labute approximate surface area is 109 Å². The maximum atomic E-state index is 12.4. The van der Waals surface area contributed by atoms with E-state index in [1.807, 2.05) is 0 Å². The monoisotopic (exact) mass is 296 g/mol. The molecule has 0 aliphatic rings. The standard InChI is InChI=1S/C11H15F3N2O2S/c1-16(2)5-6-19(17,18)10-4-3-8(7-9(10)15)11(12,13)14/h3-4,7H,5-6,15H2,1-2H3. The molecule has 0 heterocycles. The van der Waals surface area contributed by atoms with Crippen LogP contribution in [0.15, 0.2) is 23.1 Å². The fraction of sp³-hybridized carbons (Fsp3) is 0.455. The fourth-order valence-electron chi connectivity index (χ4n) is 1.42. The number of hydrogen-bond donors (Lipinski definition) is 1. The van der Waals surface area contributed by atoms with Gasteiger partial charge in [-0.1, -0.05) is 0 Å². The number of hydrogen-bond acceptors (Lipinski definition) is 4. The molecule has 0 bridgehead atoms. The lowest BCUT2D eigenvalue weighted by molar-refractivity contribution is -0.137. The van der Waals surface area contributed by atoms with Crippen LogP contribution in [0.2, 0.25) is 0 Å². The van der Waals surface area contributed by atoms with Crippen molar-refractivity contribution in [3.05, 3.63) is 23.8 Å². The first-order chi connectivity index (χ1) is 8.54. The largest absolute Gasteiger partial charge is 0.416 e. The SMILES string of the molecule is CN(C)CCS(=O)(=O)c1ccc(C(F)(F)F)cc1N. The summed E-state index contributed by atoms with van der Waals surface area (Å²) < 4.78 is 61.2. The van der Waals surface area contributed by atoms with E-state index in [2.05, 4.69) is 0 Å². The lowest BCUT2D eigenvalue weighted by atomic mass is 10.2. The van der Waals surface area contributed by atoms with Gasteiger partial charge in [0.25, 0.3) is 0 Å². The molecule has 4 nitrogen and oxygen atoms in total. The highest BCUT2D eigenvalue weighted by Crippen LogP contribution is 2.32. The van der Waals surface area contributed by atoms with Crippen LogP contribution in [0.5, 0.6) is 0 Å². The minimum absolute atomic E-state index is 0.199. The number of nitrogen functional groups attached to an aromatic ring is 1. The van der Waals surface area contributed by atoms with E-state index >= 15 is 0 Å². The van der Waals surface area contributed by atoms with E-state index in [0.717, 1.165) is 12.1 Å². The van der Waals surface area contributed by atoms with Crippen molar-refractivity contribution in [3.63, 3.8) is 0 Å². The minimum Gasteiger partial charge on any atom is -0.398 e. The molecule has 0 unspecified atom stereocenters. The Morgan fingerprint density at radius 1 is 1.26 bits per heavy atom. The predicted molar refractivity (Wildman–Crippen MR) is 66.5 cm³/mol. The number of halogens is 3. The topological polar surface area (TPSA) is 63.4 Å². The van der Waals surface area contributed by atoms with Gasteiger partial charge in [0.05, 0.1) is 21.9 Å². The summed E-state index contributed by atoms with van der Waals surface area (Å²) in [5, 5.41) is 0. The molecule has 19 heavy (non-hydrogen) atoms. The van der Waals surface area contributed by atoms with Crippen molar-refractivity contribution in [3.8, 4) is 0 Å². The summed E-state index contributed by atoms with van der Waals surface area (Å²) in [7, 11) is -0.282. The minimum atomic E-state index is -4.54. The van der Waals surface area contributed by atoms with Crippen LogP contribution >= 0.6 is 0 Å². The number of anilines is 1. The summed E-state index contributed by atoms with van der Waals surface area (Å²) in [5.74, 6) is -0.199. The fourth-order valence-corrected chi connectivity index (χ4v) is 2.94. The van der Waals surface area contributed by atoms with Crippen LogP contribution in [0.3, 0.4) is 0 Å². The summed E-state index contributed by atoms with van der Waals surface area (Å²) >= 11 is 0. The Kier molecular flexibility index (Phi) is 4.46. The number of alkyl halides is 3. The van der Waals surface area contributed by atoms with Crippen LogP contribution in [0, 0.1) is 0 Å². The van der Waals surface area contributed by atoms with Crippen LogP contribution in [0.4, 0.5) is 18.9 Å². The molecule has 2 N–H and O–H groups in total. The van der Waals surface area contributed by atoms with Crippen molar-refractivity contribution >= 4 is 15.5 Å². The van der Waals surface area contributed by atoms with E-state index in [1.165, 1.54) is 0 Å². The zero-order valence-electron chi connectivity index (χ0n) is 10.5. The van der Waals surface area contributed by atoms with E-state index in [0.29, 0.717) is 6.07 Å². The average molecular weight is 296 g/mol. The third-order valence-corrected chi connectivity index (χ3v) is 4.24. The molecule has 0 saturated heterocycles. The van der Waals surface area contributed by atoms with Crippen LogP contribution in [-0.2, 0) is 16.0 Å². The van der Waals surface area contributed by atoms with Crippen molar-refractivity contribution in [1.82, 2.24) is 4.90 Å². The normalized spacial score (nSPS) is 12.9. The lowest BCUT2D eigenvalue weighted by Gasteiger charge is -2.13. The molecule has 0 aliphatic heterocycles. The summed E-state index contributed by atoms with van der Waals surface area (Å²) in [5.41, 5.74) is 4.08. The zero-order valence-corrected chi connectivity index (χ0v) is 11.3. The van der Waals surface area contributed by atoms with Crippen molar-refractivity contribution in [2.45, 2.75) is 11.1 Å². The second-order valence-corrected chi connectivity index (χ2v) is 6.45. The van der Waals surface area contributed by atoms with Gasteiger partial charge in [-0.3, -0.25) is 0 Å². The molecule has 0 fully saturated rings. The third kappa shape index (κ3) is 4.10. The molecular formula is C11H15F3N2O2S. The smallest absolute Gasteiger partial charge is 0.398 e. The highest BCUT2D eigenvalue weighted by atomic mass is 32.2. The molecule has 0 aliphatic carbocycles. The van der Waals surface area contributed by atoms with Gasteiger partial charge in [0.2, 0.25) is 0 Å². The van der Waals surface area contributed by atoms with Crippen molar-refractivity contribution in [1.29, 1.82) is 0 Å².